The van der Waals surface area contributed by atoms with Crippen LogP contribution in [-0.2, 0) is 19.1 Å². The van der Waals surface area contributed by atoms with Crippen molar-refractivity contribution in [2.45, 2.75) is 0 Å². The van der Waals surface area contributed by atoms with E-state index in [0.717, 1.165) is 16.8 Å². The molecule has 0 radical (unpaired) electrons. The average Bonchev–Trinajstić information content (AvgIpc) is 2.35. The molecular formula is C10H12N3O4+. The van der Waals surface area contributed by atoms with Gasteiger partial charge in [0, 0.05) is 24.3 Å². The molecule has 0 unspecified atom stereocenters. The Morgan fingerprint density at radius 1 is 1.35 bits per heavy atom. The molecule has 90 valence electrons. The van der Waals surface area contributed by atoms with Crippen molar-refractivity contribution in [3.8, 4) is 0 Å². The van der Waals surface area contributed by atoms with Gasteiger partial charge in [0.05, 0.1) is 19.3 Å². The summed E-state index contributed by atoms with van der Waals surface area (Å²) >= 11 is 0. The van der Waals surface area contributed by atoms with Crippen LogP contribution >= 0.6 is 0 Å². The van der Waals surface area contributed by atoms with E-state index >= 15 is 0 Å². The van der Waals surface area contributed by atoms with Crippen LogP contribution in [0.15, 0.2) is 17.3 Å². The van der Waals surface area contributed by atoms with Gasteiger partial charge in [-0.05, 0) is 4.70 Å². The van der Waals surface area contributed by atoms with E-state index in [-0.39, 0.29) is 12.5 Å². The molecule has 0 aliphatic carbocycles. The summed E-state index contributed by atoms with van der Waals surface area (Å²) in [6.45, 7) is 1.80. The highest BCUT2D eigenvalue weighted by Gasteiger charge is 2.29. The molecule has 0 bridgehead atoms. The van der Waals surface area contributed by atoms with Crippen LogP contribution in [0.2, 0.25) is 0 Å². The van der Waals surface area contributed by atoms with Gasteiger partial charge in [-0.25, -0.2) is 4.79 Å². The van der Waals surface area contributed by atoms with Crippen molar-refractivity contribution in [3.05, 3.63) is 12.2 Å². The van der Waals surface area contributed by atoms with Crippen LogP contribution in [0.25, 0.3) is 0 Å². The minimum absolute atomic E-state index is 0.199. The molecule has 2 heterocycles. The number of morpholine rings is 1. The predicted octanol–water partition coefficient (Wildman–Crippen LogP) is -1.07. The van der Waals surface area contributed by atoms with E-state index in [4.69, 9.17) is 4.74 Å². The van der Waals surface area contributed by atoms with Gasteiger partial charge in [0.25, 0.3) is 12.5 Å². The minimum atomic E-state index is -0.528. The molecule has 0 aromatic carbocycles. The molecule has 7 heteroatoms. The minimum Gasteiger partial charge on any atom is -0.378 e. The van der Waals surface area contributed by atoms with Gasteiger partial charge in [-0.1, -0.05) is 0 Å². The molecule has 0 aromatic heterocycles. The first-order valence-corrected chi connectivity index (χ1v) is 5.27. The number of carbonyl (C=O) groups excluding carboxylic acids is 3. The summed E-state index contributed by atoms with van der Waals surface area (Å²) in [6, 6.07) is 0. The number of rotatable bonds is 2. The van der Waals surface area contributed by atoms with E-state index in [1.54, 1.807) is 4.90 Å². The van der Waals surface area contributed by atoms with Gasteiger partial charge >= 0.3 is 11.8 Å². The highest BCUT2D eigenvalue weighted by molar-refractivity contribution is 5.96. The van der Waals surface area contributed by atoms with Gasteiger partial charge in [-0.3, -0.25) is 9.59 Å². The van der Waals surface area contributed by atoms with Crippen LogP contribution in [0.4, 0.5) is 0 Å². The van der Waals surface area contributed by atoms with Crippen LogP contribution in [0.1, 0.15) is 0 Å². The zero-order valence-corrected chi connectivity index (χ0v) is 9.16. The Bertz CT molecular complexity index is 421. The third-order valence-electron chi connectivity index (χ3n) is 2.49. The lowest BCUT2D eigenvalue weighted by molar-refractivity contribution is -0.496. The lowest BCUT2D eigenvalue weighted by atomic mass is 10.3. The number of hydrogen-bond donors (Lipinski definition) is 0. The molecule has 7 nitrogen and oxygen atoms in total. The molecule has 0 spiro atoms. The van der Waals surface area contributed by atoms with Crippen molar-refractivity contribution in [3.63, 3.8) is 0 Å². The molecule has 2 rings (SSSR count). The lowest BCUT2D eigenvalue weighted by Crippen LogP contribution is -2.44. The van der Waals surface area contributed by atoms with Gasteiger partial charge in [0.2, 0.25) is 0 Å². The Kier molecular flexibility index (Phi) is 3.38. The molecule has 0 atom stereocenters. The molecule has 17 heavy (non-hydrogen) atoms. The zero-order valence-electron chi connectivity index (χ0n) is 9.16. The van der Waals surface area contributed by atoms with E-state index in [0.29, 0.717) is 26.3 Å². The number of carbonyl (C=O) groups is 3. The summed E-state index contributed by atoms with van der Waals surface area (Å²) in [7, 11) is 0. The highest BCUT2D eigenvalue weighted by Crippen LogP contribution is 2.00. The van der Waals surface area contributed by atoms with E-state index < -0.39 is 11.8 Å². The third kappa shape index (κ3) is 2.82. The summed E-state index contributed by atoms with van der Waals surface area (Å²) in [5.74, 6) is -1.21. The smallest absolute Gasteiger partial charge is 0.378 e. The summed E-state index contributed by atoms with van der Waals surface area (Å²) in [5, 5.41) is 3.48. The van der Waals surface area contributed by atoms with Crippen molar-refractivity contribution in [2.75, 3.05) is 32.8 Å². The Hall–Kier alpha value is -1.89. The molecule has 0 N–H and O–H groups in total. The van der Waals surface area contributed by atoms with E-state index in [2.05, 4.69) is 5.11 Å². The normalized spacial score (nSPS) is 20.5. The average molecular weight is 238 g/mol. The maximum atomic E-state index is 11.8. The second-order valence-corrected chi connectivity index (χ2v) is 3.66. The first-order valence-electron chi connectivity index (χ1n) is 5.27. The van der Waals surface area contributed by atoms with E-state index in [9.17, 15) is 14.4 Å². The zero-order chi connectivity index (χ0) is 12.3. The third-order valence-corrected chi connectivity index (χ3v) is 2.49. The fourth-order valence-electron chi connectivity index (χ4n) is 1.58. The second-order valence-electron chi connectivity index (χ2n) is 3.66. The van der Waals surface area contributed by atoms with Crippen molar-refractivity contribution >= 4 is 17.7 Å². The quantitative estimate of drug-likeness (QED) is 0.574. The number of nitrogens with zero attached hydrogens (tertiary/aromatic N) is 3. The molecule has 2 aliphatic rings. The molecule has 1 saturated heterocycles. The van der Waals surface area contributed by atoms with Gasteiger partial charge in [0.15, 0.2) is 0 Å². The van der Waals surface area contributed by atoms with Crippen LogP contribution < -0.4 is 0 Å². The Morgan fingerprint density at radius 3 is 2.76 bits per heavy atom. The maximum absolute atomic E-state index is 11.8. The Balaban J connectivity index is 1.98. The summed E-state index contributed by atoms with van der Waals surface area (Å²) < 4.78 is 6.00. The molecular weight excluding hydrogens is 226 g/mol. The Morgan fingerprint density at radius 2 is 2.06 bits per heavy atom. The van der Waals surface area contributed by atoms with Crippen molar-refractivity contribution in [1.29, 1.82) is 0 Å². The summed E-state index contributed by atoms with van der Waals surface area (Å²) in [6.07, 6.45) is 2.19. The van der Waals surface area contributed by atoms with Crippen molar-refractivity contribution < 1.29 is 23.8 Å². The SMILES string of the molecule is O=C1C=CC(=O)[N+](CC(=O)N2CCOCC2)=N1. The maximum Gasteiger partial charge on any atom is 0.437 e. The van der Waals surface area contributed by atoms with Crippen molar-refractivity contribution in [2.24, 2.45) is 5.11 Å². The van der Waals surface area contributed by atoms with Crippen LogP contribution in [0.5, 0.6) is 0 Å². The number of ether oxygens (including phenoxy) is 1. The summed E-state index contributed by atoms with van der Waals surface area (Å²) in [4.78, 5) is 35.7. The number of hydrogen-bond acceptors (Lipinski definition) is 4. The molecule has 0 saturated carbocycles. The molecule has 0 aromatic rings. The van der Waals surface area contributed by atoms with E-state index in [1.807, 2.05) is 0 Å². The lowest BCUT2D eigenvalue weighted by Gasteiger charge is -2.25. The first-order chi connectivity index (χ1) is 8.16. The first kappa shape index (κ1) is 11.6. The van der Waals surface area contributed by atoms with Crippen LogP contribution in [0.3, 0.4) is 0 Å². The predicted molar refractivity (Wildman–Crippen MR) is 54.1 cm³/mol. The van der Waals surface area contributed by atoms with Gasteiger partial charge in [-0.15, -0.1) is 0 Å². The number of azo groups is 2. The molecule has 1 fully saturated rings. The van der Waals surface area contributed by atoms with Crippen molar-refractivity contribution in [1.82, 2.24) is 4.90 Å². The van der Waals surface area contributed by atoms with Gasteiger partial charge < -0.3 is 9.64 Å². The fourth-order valence-corrected chi connectivity index (χ4v) is 1.58. The second kappa shape index (κ2) is 4.96. The topological polar surface area (TPSA) is 79.0 Å². The van der Waals surface area contributed by atoms with Gasteiger partial charge in [0.1, 0.15) is 0 Å². The Labute approximate surface area is 97.3 Å². The summed E-state index contributed by atoms with van der Waals surface area (Å²) in [5.41, 5.74) is 0. The van der Waals surface area contributed by atoms with Crippen LogP contribution in [-0.4, -0.2) is 60.2 Å². The number of amides is 3. The van der Waals surface area contributed by atoms with E-state index in [1.165, 1.54) is 0 Å². The van der Waals surface area contributed by atoms with Gasteiger partial charge in [-0.2, -0.15) is 0 Å². The highest BCUT2D eigenvalue weighted by atomic mass is 16.5. The largest absolute Gasteiger partial charge is 0.437 e. The fraction of sp³-hybridized carbons (Fsp3) is 0.500. The standard InChI is InChI=1S/C10H12N3O4/c14-8-1-2-9(15)13(11-8)7-10(16)12-3-5-17-6-4-12/h1-2H,3-7H2/q+1. The van der Waals surface area contributed by atoms with Crippen LogP contribution in [0, 0.1) is 0 Å². The monoisotopic (exact) mass is 238 g/mol. The molecule has 2 aliphatic heterocycles. The molecule has 3 amide bonds.